The molecule has 0 aliphatic heterocycles. The number of ether oxygens (including phenoxy) is 2. The van der Waals surface area contributed by atoms with Crippen LogP contribution in [0.15, 0.2) is 54.6 Å². The molecule has 5 heteroatoms. The van der Waals surface area contributed by atoms with Crippen LogP contribution in [0.2, 0.25) is 0 Å². The molecule has 2 aliphatic rings. The van der Waals surface area contributed by atoms with Gasteiger partial charge in [0.2, 0.25) is 0 Å². The lowest BCUT2D eigenvalue weighted by Crippen LogP contribution is -2.50. The van der Waals surface area contributed by atoms with E-state index < -0.39 is 5.97 Å². The van der Waals surface area contributed by atoms with Gasteiger partial charge < -0.3 is 14.6 Å². The molecule has 3 aromatic rings. The number of fused-ring (bicyclic) bond motifs is 2. The molecule has 1 saturated carbocycles. The highest BCUT2D eigenvalue weighted by molar-refractivity contribution is 5.75. The van der Waals surface area contributed by atoms with Gasteiger partial charge in [-0.1, -0.05) is 50.6 Å². The Morgan fingerprint density at radius 1 is 1.08 bits per heavy atom. The Balaban J connectivity index is 1.46. The van der Waals surface area contributed by atoms with E-state index in [1.165, 1.54) is 11.6 Å². The Hall–Kier alpha value is -3.18. The van der Waals surface area contributed by atoms with Crippen LogP contribution < -0.4 is 4.74 Å². The van der Waals surface area contributed by atoms with Crippen molar-refractivity contribution in [3.63, 3.8) is 0 Å². The van der Waals surface area contributed by atoms with Gasteiger partial charge in [0.1, 0.15) is 18.2 Å². The number of benzene rings is 3. The van der Waals surface area contributed by atoms with Gasteiger partial charge in [0.05, 0.1) is 12.0 Å². The zero-order valence-electron chi connectivity index (χ0n) is 23.6. The summed E-state index contributed by atoms with van der Waals surface area (Å²) in [4.78, 5) is 11.9. The molecule has 0 saturated heterocycles. The van der Waals surface area contributed by atoms with Gasteiger partial charge in [0, 0.05) is 18.1 Å². The van der Waals surface area contributed by atoms with Crippen molar-refractivity contribution in [1.29, 1.82) is 0 Å². The fourth-order valence-corrected chi connectivity index (χ4v) is 6.80. The van der Waals surface area contributed by atoms with Gasteiger partial charge in [0.15, 0.2) is 0 Å². The van der Waals surface area contributed by atoms with Gasteiger partial charge in [0.25, 0.3) is 0 Å². The summed E-state index contributed by atoms with van der Waals surface area (Å²) in [5.74, 6) is -0.509. The number of aliphatic carboxylic acids is 1. The lowest BCUT2D eigenvalue weighted by Gasteiger charge is -2.51. The van der Waals surface area contributed by atoms with Gasteiger partial charge in [-0.05, 0) is 103 Å². The third-order valence-electron chi connectivity index (χ3n) is 8.77. The lowest BCUT2D eigenvalue weighted by atomic mass is 9.52. The zero-order valence-corrected chi connectivity index (χ0v) is 23.6. The maximum absolute atomic E-state index is 15.0. The third-order valence-corrected chi connectivity index (χ3v) is 8.77. The number of hydrogen-bond acceptors (Lipinski definition) is 3. The summed E-state index contributed by atoms with van der Waals surface area (Å²) < 4.78 is 27.2. The predicted octanol–water partition coefficient (Wildman–Crippen LogP) is 8.18. The molecule has 39 heavy (non-hydrogen) atoms. The second kappa shape index (κ2) is 10.4. The topological polar surface area (TPSA) is 55.8 Å². The van der Waals surface area contributed by atoms with Gasteiger partial charge in [-0.3, -0.25) is 4.79 Å². The molecular weight excluding hydrogens is 491 g/mol. The normalized spacial score (nSPS) is 21.2. The molecule has 0 amide bonds. The summed E-state index contributed by atoms with van der Waals surface area (Å²) in [6.07, 6.45) is 4.35. The van der Waals surface area contributed by atoms with E-state index in [4.69, 9.17) is 9.47 Å². The molecule has 3 atom stereocenters. The van der Waals surface area contributed by atoms with Crippen molar-refractivity contribution in [2.45, 2.75) is 77.9 Å². The molecule has 0 unspecified atom stereocenters. The van der Waals surface area contributed by atoms with E-state index in [9.17, 15) is 14.3 Å². The largest absolute Gasteiger partial charge is 0.489 e. The van der Waals surface area contributed by atoms with Crippen molar-refractivity contribution in [3.8, 4) is 16.9 Å². The van der Waals surface area contributed by atoms with Crippen molar-refractivity contribution in [1.82, 2.24) is 0 Å². The number of hydrogen-bond donors (Lipinski definition) is 1. The summed E-state index contributed by atoms with van der Waals surface area (Å²) in [5.41, 5.74) is 6.22. The van der Waals surface area contributed by atoms with E-state index in [-0.39, 0.29) is 28.7 Å². The van der Waals surface area contributed by atoms with Crippen LogP contribution in [0.4, 0.5) is 4.39 Å². The van der Waals surface area contributed by atoms with E-state index in [2.05, 4.69) is 39.0 Å². The molecule has 1 N–H and O–H groups in total. The van der Waals surface area contributed by atoms with E-state index >= 15 is 0 Å². The van der Waals surface area contributed by atoms with E-state index in [0.717, 1.165) is 65.7 Å². The monoisotopic (exact) mass is 530 g/mol. The average molecular weight is 531 g/mol. The van der Waals surface area contributed by atoms with Crippen LogP contribution >= 0.6 is 0 Å². The van der Waals surface area contributed by atoms with Crippen molar-refractivity contribution >= 4 is 5.97 Å². The maximum atomic E-state index is 15.0. The highest BCUT2D eigenvalue weighted by Crippen LogP contribution is 2.55. The van der Waals surface area contributed by atoms with Gasteiger partial charge in [-0.2, -0.15) is 0 Å². The molecule has 3 aromatic carbocycles. The molecule has 4 nitrogen and oxygen atoms in total. The number of carbonyl (C=O) groups is 1. The van der Waals surface area contributed by atoms with Crippen LogP contribution in [0, 0.1) is 24.1 Å². The molecule has 206 valence electrons. The van der Waals surface area contributed by atoms with Crippen molar-refractivity contribution < 1.29 is 23.8 Å². The number of rotatable bonds is 7. The van der Waals surface area contributed by atoms with Crippen LogP contribution in [0.3, 0.4) is 0 Å². The summed E-state index contributed by atoms with van der Waals surface area (Å²) in [5, 5.41) is 9.82. The van der Waals surface area contributed by atoms with Crippen molar-refractivity contribution in [2.75, 3.05) is 7.11 Å². The minimum atomic E-state index is -0.690. The number of halogens is 1. The Morgan fingerprint density at radius 3 is 2.54 bits per heavy atom. The summed E-state index contributed by atoms with van der Waals surface area (Å²) >= 11 is 0. The minimum Gasteiger partial charge on any atom is -0.489 e. The summed E-state index contributed by atoms with van der Waals surface area (Å²) in [6.45, 7) is 8.67. The van der Waals surface area contributed by atoms with Crippen LogP contribution in [-0.2, 0) is 28.0 Å². The Morgan fingerprint density at radius 2 is 1.87 bits per heavy atom. The maximum Gasteiger partial charge on any atom is 0.307 e. The van der Waals surface area contributed by atoms with Gasteiger partial charge in [-0.25, -0.2) is 4.39 Å². The van der Waals surface area contributed by atoms with Crippen LogP contribution in [0.25, 0.3) is 11.1 Å². The second-order valence-electron chi connectivity index (χ2n) is 12.4. The molecule has 1 fully saturated rings. The quantitative estimate of drug-likeness (QED) is 0.335. The first kappa shape index (κ1) is 27.4. The van der Waals surface area contributed by atoms with Crippen molar-refractivity contribution in [3.05, 3.63) is 88.2 Å². The first-order chi connectivity index (χ1) is 18.5. The second-order valence-corrected chi connectivity index (χ2v) is 12.4. The smallest absolute Gasteiger partial charge is 0.307 e. The molecule has 0 bridgehead atoms. The van der Waals surface area contributed by atoms with E-state index in [1.54, 1.807) is 13.2 Å². The number of aryl methyl sites for hydroxylation is 2. The first-order valence-electron chi connectivity index (χ1n) is 13.9. The molecule has 0 radical (unpaired) electrons. The summed E-state index contributed by atoms with van der Waals surface area (Å²) in [7, 11) is 1.70. The Bertz CT molecular complexity index is 1390. The van der Waals surface area contributed by atoms with E-state index in [0.29, 0.717) is 12.2 Å². The molecule has 0 aromatic heterocycles. The molecule has 0 heterocycles. The summed E-state index contributed by atoms with van der Waals surface area (Å²) in [6, 6.07) is 17.4. The molecule has 2 aliphatic carbocycles. The fraction of sp³-hybridized carbons (Fsp3) is 0.441. The van der Waals surface area contributed by atoms with Crippen molar-refractivity contribution in [2.24, 2.45) is 11.3 Å². The average Bonchev–Trinajstić information content (AvgIpc) is 2.87. The lowest BCUT2D eigenvalue weighted by molar-refractivity contribution is -0.150. The molecular formula is C34H39FO4. The standard InChI is InChI=1S/C34H39FO4/c1-21-8-13-30(35)26(17-21)25-12-9-22(18-27(25)31(38-5)33(2,3)4)20-39-24-11-10-23-7-6-15-34(29(23)19-24)16-14-28(34)32(36)37/h8-13,17-19,28,31H,6-7,14-16,20H2,1-5H3,(H,36,37)/t28-,31-,34-/m1/s1. The molecule has 5 rings (SSSR count). The highest BCUT2D eigenvalue weighted by Gasteiger charge is 2.53. The SMILES string of the molecule is CO[C@H](c1cc(COc2ccc3c(c2)[C@]2(CCC3)CC[C@@H]2C(=O)O)ccc1-c1cc(C)ccc1F)C(C)(C)C. The van der Waals surface area contributed by atoms with Crippen LogP contribution in [0.1, 0.15) is 80.4 Å². The first-order valence-corrected chi connectivity index (χ1v) is 13.9. The van der Waals surface area contributed by atoms with Crippen LogP contribution in [-0.4, -0.2) is 18.2 Å². The number of carboxylic acid groups (broad SMARTS) is 1. The molecule has 1 spiro atoms. The number of carboxylic acids is 1. The van der Waals surface area contributed by atoms with E-state index in [1.807, 2.05) is 31.2 Å². The number of methoxy groups -OCH3 is 1. The van der Waals surface area contributed by atoms with Gasteiger partial charge >= 0.3 is 5.97 Å². The minimum absolute atomic E-state index is 0.209. The Labute approximate surface area is 231 Å². The highest BCUT2D eigenvalue weighted by atomic mass is 19.1. The third kappa shape index (κ3) is 5.09. The van der Waals surface area contributed by atoms with Gasteiger partial charge in [-0.15, -0.1) is 0 Å². The zero-order chi connectivity index (χ0) is 27.9. The predicted molar refractivity (Wildman–Crippen MR) is 152 cm³/mol. The fourth-order valence-electron chi connectivity index (χ4n) is 6.80. The Kier molecular flexibility index (Phi) is 7.32. The van der Waals surface area contributed by atoms with Crippen LogP contribution in [0.5, 0.6) is 5.75 Å².